The number of rotatable bonds is 18. The van der Waals surface area contributed by atoms with Gasteiger partial charge < -0.3 is 43.1 Å². The number of aliphatic hydroxyl groups is 2. The van der Waals surface area contributed by atoms with Crippen LogP contribution in [0.15, 0.2) is 66.7 Å². The number of benzene rings is 3. The fourth-order valence-corrected chi connectivity index (χ4v) is 8.62. The molecule has 4 rings (SSSR count). The third-order valence-electron chi connectivity index (χ3n) is 12.3. The number of carbonyl (C=O) groups is 2. The van der Waals surface area contributed by atoms with Gasteiger partial charge >= 0.3 is 11.9 Å². The quantitative estimate of drug-likeness (QED) is 0.0954. The van der Waals surface area contributed by atoms with Gasteiger partial charge in [-0.05, 0) is 47.3 Å². The average molecular weight is 823 g/mol. The summed E-state index contributed by atoms with van der Waals surface area (Å²) in [4.78, 5) is 26.4. The average Bonchev–Trinajstić information content (AvgIpc) is 3.19. The lowest BCUT2D eigenvalue weighted by Crippen LogP contribution is -2.59. The largest absolute Gasteiger partial charge is 0.488 e. The van der Waals surface area contributed by atoms with Crippen LogP contribution in [-0.2, 0) is 47.8 Å². The molecule has 2 N–H and O–H groups in total. The van der Waals surface area contributed by atoms with Crippen molar-refractivity contribution in [3.05, 3.63) is 94.5 Å². The number of carbonyl (C=O) groups excluding carboxylic acids is 2. The van der Waals surface area contributed by atoms with E-state index in [0.717, 1.165) is 11.1 Å². The molecule has 1 aliphatic heterocycles. The van der Waals surface area contributed by atoms with Gasteiger partial charge in [-0.15, -0.1) is 0 Å². The standard InChI is InChI=1S/C46H66O11Si/c1-29-33(41(43(49)52-9)37(55-28-32-21-17-14-18-22-32)25-36(29)54-27-31-19-15-13-16-20-31)23-34(47)30(2)35(48)24-39-46(6,7)40(57-58(11,12)45(3,4)5)26-38(56-39)42(51-8)44(50)53-10/h13-22,25,30,34-35,38-40,42,47-48H,23-24,26-28H2,1-12H3/t30-,34+,35-,38-,39+,40+,42-/m0/s1. The summed E-state index contributed by atoms with van der Waals surface area (Å²) >= 11 is 0. The molecule has 0 bridgehead atoms. The van der Waals surface area contributed by atoms with Crippen LogP contribution in [0.1, 0.15) is 87.0 Å². The summed E-state index contributed by atoms with van der Waals surface area (Å²) in [5, 5.41) is 23.8. The molecule has 11 nitrogen and oxygen atoms in total. The van der Waals surface area contributed by atoms with Crippen molar-refractivity contribution in [3.8, 4) is 11.5 Å². The van der Waals surface area contributed by atoms with Gasteiger partial charge in [0.1, 0.15) is 30.3 Å². The van der Waals surface area contributed by atoms with Gasteiger partial charge in [0.2, 0.25) is 0 Å². The van der Waals surface area contributed by atoms with E-state index in [2.05, 4.69) is 47.7 Å². The molecule has 1 fully saturated rings. The molecule has 1 heterocycles. The second-order valence-electron chi connectivity index (χ2n) is 17.6. The zero-order valence-corrected chi connectivity index (χ0v) is 37.5. The Hall–Kier alpha value is -3.78. The summed E-state index contributed by atoms with van der Waals surface area (Å²) in [5.41, 5.74) is 2.57. The molecule has 0 radical (unpaired) electrons. The molecule has 3 aromatic carbocycles. The fraction of sp³-hybridized carbons (Fsp3) is 0.565. The molecule has 58 heavy (non-hydrogen) atoms. The maximum absolute atomic E-state index is 13.6. The van der Waals surface area contributed by atoms with Crippen LogP contribution in [0.5, 0.6) is 11.5 Å². The molecule has 1 saturated heterocycles. The Balaban J connectivity index is 1.67. The van der Waals surface area contributed by atoms with E-state index in [9.17, 15) is 19.8 Å². The third kappa shape index (κ3) is 11.3. The first-order chi connectivity index (χ1) is 27.2. The molecule has 0 amide bonds. The molecule has 0 unspecified atom stereocenters. The maximum Gasteiger partial charge on any atom is 0.341 e. The van der Waals surface area contributed by atoms with Gasteiger partial charge in [0, 0.05) is 43.8 Å². The van der Waals surface area contributed by atoms with Crippen molar-refractivity contribution < 1.29 is 52.6 Å². The lowest BCUT2D eigenvalue weighted by Gasteiger charge is -2.52. The molecule has 0 aliphatic carbocycles. The number of methoxy groups -OCH3 is 3. The van der Waals surface area contributed by atoms with Gasteiger partial charge in [0.05, 0.1) is 44.7 Å². The molecule has 3 aromatic rings. The SMILES string of the molecule is COC(=O)c1c(OCc2ccccc2)cc(OCc2ccccc2)c(C)c1C[C@@H](O)[C@H](C)[C@@H](O)C[C@H]1O[C@H]([C@H](OC)C(=O)OC)C[C@@H](O[Si](C)(C)C(C)(C)C)C1(C)C. The van der Waals surface area contributed by atoms with E-state index in [1.165, 1.54) is 21.3 Å². The van der Waals surface area contributed by atoms with Crippen LogP contribution >= 0.6 is 0 Å². The number of hydrogen-bond acceptors (Lipinski definition) is 11. The summed E-state index contributed by atoms with van der Waals surface area (Å²) in [5.74, 6) is -1.12. The zero-order valence-electron chi connectivity index (χ0n) is 36.5. The zero-order chi connectivity index (χ0) is 43.0. The van der Waals surface area contributed by atoms with E-state index in [1.807, 2.05) is 67.6 Å². The van der Waals surface area contributed by atoms with Gasteiger partial charge in [-0.2, -0.15) is 0 Å². The van der Waals surface area contributed by atoms with E-state index in [0.29, 0.717) is 23.3 Å². The highest BCUT2D eigenvalue weighted by atomic mass is 28.4. The third-order valence-corrected chi connectivity index (χ3v) is 16.8. The number of esters is 2. The maximum atomic E-state index is 13.6. The van der Waals surface area contributed by atoms with Crippen LogP contribution in [0.4, 0.5) is 0 Å². The summed E-state index contributed by atoms with van der Waals surface area (Å²) < 4.78 is 42.3. The van der Waals surface area contributed by atoms with Crippen molar-refractivity contribution in [2.45, 2.75) is 136 Å². The molecular formula is C46H66O11Si. The van der Waals surface area contributed by atoms with Crippen LogP contribution < -0.4 is 9.47 Å². The minimum absolute atomic E-state index is 0.0124. The fourth-order valence-electron chi connectivity index (χ4n) is 7.15. The summed E-state index contributed by atoms with van der Waals surface area (Å²) in [6.07, 6.45) is -4.28. The minimum Gasteiger partial charge on any atom is -0.488 e. The Kier molecular flexibility index (Phi) is 16.2. The summed E-state index contributed by atoms with van der Waals surface area (Å²) in [6.45, 7) is 19.1. The Morgan fingerprint density at radius 2 is 1.43 bits per heavy atom. The second kappa shape index (κ2) is 20.0. The molecule has 1 aliphatic rings. The van der Waals surface area contributed by atoms with Crippen LogP contribution in [-0.4, -0.2) is 88.4 Å². The Bertz CT molecular complexity index is 1790. The molecule has 0 aromatic heterocycles. The summed E-state index contributed by atoms with van der Waals surface area (Å²) in [7, 11) is 1.76. The first-order valence-corrected chi connectivity index (χ1v) is 23.0. The Morgan fingerprint density at radius 3 is 1.93 bits per heavy atom. The highest BCUT2D eigenvalue weighted by molar-refractivity contribution is 6.74. The van der Waals surface area contributed by atoms with Crippen molar-refractivity contribution in [3.63, 3.8) is 0 Å². The smallest absolute Gasteiger partial charge is 0.341 e. The minimum atomic E-state index is -2.30. The predicted octanol–water partition coefficient (Wildman–Crippen LogP) is 7.99. The first kappa shape index (κ1) is 46.9. The molecule has 7 atom stereocenters. The second-order valence-corrected chi connectivity index (χ2v) is 22.3. The van der Waals surface area contributed by atoms with Crippen molar-refractivity contribution in [1.29, 1.82) is 0 Å². The van der Waals surface area contributed by atoms with E-state index >= 15 is 0 Å². The van der Waals surface area contributed by atoms with Gasteiger partial charge in [0.15, 0.2) is 14.4 Å². The van der Waals surface area contributed by atoms with Gasteiger partial charge in [-0.1, -0.05) is 102 Å². The van der Waals surface area contributed by atoms with E-state index in [1.54, 1.807) is 13.0 Å². The number of aliphatic hydroxyl groups excluding tert-OH is 2. The molecular weight excluding hydrogens is 757 g/mol. The van der Waals surface area contributed by atoms with Gasteiger partial charge in [-0.3, -0.25) is 0 Å². The monoisotopic (exact) mass is 822 g/mol. The number of ether oxygens (including phenoxy) is 6. The van der Waals surface area contributed by atoms with E-state index < -0.39 is 62.1 Å². The van der Waals surface area contributed by atoms with Gasteiger partial charge in [-0.25, -0.2) is 9.59 Å². The Morgan fingerprint density at radius 1 is 0.879 bits per heavy atom. The first-order valence-electron chi connectivity index (χ1n) is 20.1. The highest BCUT2D eigenvalue weighted by Crippen LogP contribution is 2.47. The highest BCUT2D eigenvalue weighted by Gasteiger charge is 2.52. The molecule has 0 saturated carbocycles. The van der Waals surface area contributed by atoms with Crippen molar-refractivity contribution in [2.24, 2.45) is 11.3 Å². The normalized spacial score (nSPS) is 20.3. The lowest BCUT2D eigenvalue weighted by atomic mass is 9.72. The number of hydrogen-bond donors (Lipinski definition) is 2. The molecule has 0 spiro atoms. The predicted molar refractivity (Wildman–Crippen MR) is 226 cm³/mol. The summed E-state index contributed by atoms with van der Waals surface area (Å²) in [6, 6.07) is 21.0. The van der Waals surface area contributed by atoms with Crippen molar-refractivity contribution in [1.82, 2.24) is 0 Å². The topological polar surface area (TPSA) is 139 Å². The van der Waals surface area contributed by atoms with Crippen LogP contribution in [0.3, 0.4) is 0 Å². The van der Waals surface area contributed by atoms with Crippen molar-refractivity contribution in [2.75, 3.05) is 21.3 Å². The van der Waals surface area contributed by atoms with Crippen LogP contribution in [0.25, 0.3) is 0 Å². The van der Waals surface area contributed by atoms with E-state index in [4.69, 9.17) is 32.8 Å². The molecule has 320 valence electrons. The van der Waals surface area contributed by atoms with Gasteiger partial charge in [0.25, 0.3) is 0 Å². The van der Waals surface area contributed by atoms with Crippen LogP contribution in [0, 0.1) is 18.3 Å². The van der Waals surface area contributed by atoms with E-state index in [-0.39, 0.29) is 48.5 Å². The Labute approximate surface area is 346 Å². The van der Waals surface area contributed by atoms with Crippen LogP contribution in [0.2, 0.25) is 18.1 Å². The lowest BCUT2D eigenvalue weighted by molar-refractivity contribution is -0.214. The molecule has 12 heteroatoms. The van der Waals surface area contributed by atoms with Crippen molar-refractivity contribution >= 4 is 20.3 Å².